The number of amides is 2. The molecule has 3 rings (SSSR count). The van der Waals surface area contributed by atoms with Crippen LogP contribution in [0.4, 0.5) is 9.59 Å². The molecular weight excluding hydrogens is 512 g/mol. The topological polar surface area (TPSA) is 114 Å². The molecule has 0 radical (unpaired) electrons. The van der Waals surface area contributed by atoms with Crippen LogP contribution < -0.4 is 10.1 Å². The highest BCUT2D eigenvalue weighted by Gasteiger charge is 2.26. The highest BCUT2D eigenvalue weighted by atomic mass is 16.6. The predicted molar refractivity (Wildman–Crippen MR) is 151 cm³/mol. The SMILES string of the molecule is CC(C)(C)OC(=O)N1CCC(CCCOc2ccc(C[C@@H](CC(=O)O)NC(=O)OCc3ccccc3)cc2)CC1. The van der Waals surface area contributed by atoms with Gasteiger partial charge in [-0.1, -0.05) is 42.5 Å². The summed E-state index contributed by atoms with van der Waals surface area (Å²) in [7, 11) is 0. The highest BCUT2D eigenvalue weighted by molar-refractivity contribution is 5.71. The second-order valence-corrected chi connectivity index (χ2v) is 11.3. The third-order valence-electron chi connectivity index (χ3n) is 6.65. The van der Waals surface area contributed by atoms with E-state index in [-0.39, 0.29) is 19.1 Å². The lowest BCUT2D eigenvalue weighted by Gasteiger charge is -2.33. The first kappa shape index (κ1) is 30.8. The minimum Gasteiger partial charge on any atom is -0.494 e. The molecule has 2 N–H and O–H groups in total. The predicted octanol–water partition coefficient (Wildman–Crippen LogP) is 5.80. The van der Waals surface area contributed by atoms with Crippen LogP contribution in [0.3, 0.4) is 0 Å². The summed E-state index contributed by atoms with van der Waals surface area (Å²) in [6.45, 7) is 7.81. The van der Waals surface area contributed by atoms with Gasteiger partial charge in [0.15, 0.2) is 0 Å². The van der Waals surface area contributed by atoms with E-state index in [0.717, 1.165) is 55.6 Å². The molecule has 0 aromatic heterocycles. The minimum atomic E-state index is -0.996. The molecule has 1 aliphatic rings. The second-order valence-electron chi connectivity index (χ2n) is 11.3. The van der Waals surface area contributed by atoms with E-state index in [4.69, 9.17) is 14.2 Å². The van der Waals surface area contributed by atoms with Crippen LogP contribution >= 0.6 is 0 Å². The van der Waals surface area contributed by atoms with Gasteiger partial charge in [-0.15, -0.1) is 0 Å². The van der Waals surface area contributed by atoms with Crippen LogP contribution in [-0.4, -0.2) is 59.5 Å². The van der Waals surface area contributed by atoms with Crippen molar-refractivity contribution in [3.8, 4) is 5.75 Å². The Morgan fingerprint density at radius 1 is 1.00 bits per heavy atom. The third-order valence-corrected chi connectivity index (χ3v) is 6.65. The van der Waals surface area contributed by atoms with Crippen molar-refractivity contribution in [3.05, 3.63) is 65.7 Å². The number of nitrogens with zero attached hydrogens (tertiary/aromatic N) is 1. The summed E-state index contributed by atoms with van der Waals surface area (Å²) in [5, 5.41) is 12.0. The van der Waals surface area contributed by atoms with E-state index < -0.39 is 23.7 Å². The maximum atomic E-state index is 12.2. The van der Waals surface area contributed by atoms with E-state index in [1.54, 1.807) is 4.90 Å². The van der Waals surface area contributed by atoms with E-state index in [9.17, 15) is 19.5 Å². The Kier molecular flexibility index (Phi) is 11.7. The van der Waals surface area contributed by atoms with Gasteiger partial charge in [0, 0.05) is 19.1 Å². The van der Waals surface area contributed by atoms with Crippen molar-refractivity contribution in [1.29, 1.82) is 0 Å². The van der Waals surface area contributed by atoms with Crippen LogP contribution in [0.2, 0.25) is 0 Å². The number of hydrogen-bond donors (Lipinski definition) is 2. The third kappa shape index (κ3) is 11.6. The van der Waals surface area contributed by atoms with Crippen LogP contribution in [-0.2, 0) is 27.3 Å². The number of likely N-dealkylation sites (tertiary alicyclic amines) is 1. The average Bonchev–Trinajstić information content (AvgIpc) is 2.90. The van der Waals surface area contributed by atoms with Gasteiger partial charge in [0.25, 0.3) is 0 Å². The van der Waals surface area contributed by atoms with Gasteiger partial charge in [0.1, 0.15) is 18.0 Å². The lowest BCUT2D eigenvalue weighted by atomic mass is 9.92. The van der Waals surface area contributed by atoms with Gasteiger partial charge in [-0.05, 0) is 82.1 Å². The van der Waals surface area contributed by atoms with E-state index in [2.05, 4.69) is 5.32 Å². The molecule has 1 heterocycles. The summed E-state index contributed by atoms with van der Waals surface area (Å²) >= 11 is 0. The van der Waals surface area contributed by atoms with Crippen LogP contribution in [0.25, 0.3) is 0 Å². The number of piperidine rings is 1. The molecule has 2 aromatic carbocycles. The van der Waals surface area contributed by atoms with Gasteiger partial charge in [-0.25, -0.2) is 9.59 Å². The van der Waals surface area contributed by atoms with Crippen molar-refractivity contribution in [2.24, 2.45) is 5.92 Å². The number of carbonyl (C=O) groups is 3. The van der Waals surface area contributed by atoms with Gasteiger partial charge in [0.2, 0.25) is 0 Å². The van der Waals surface area contributed by atoms with Crippen LogP contribution in [0, 0.1) is 5.92 Å². The Morgan fingerprint density at radius 3 is 2.30 bits per heavy atom. The molecule has 1 atom stereocenters. The number of aliphatic carboxylic acids is 1. The Labute approximate surface area is 236 Å². The quantitative estimate of drug-likeness (QED) is 0.319. The zero-order valence-corrected chi connectivity index (χ0v) is 23.8. The number of ether oxygens (including phenoxy) is 3. The Balaban J connectivity index is 1.36. The number of carboxylic acid groups (broad SMARTS) is 1. The molecule has 1 saturated heterocycles. The molecular formula is C31H42N2O7. The summed E-state index contributed by atoms with van der Waals surface area (Å²) in [4.78, 5) is 37.6. The van der Waals surface area contributed by atoms with E-state index >= 15 is 0 Å². The van der Waals surface area contributed by atoms with Gasteiger partial charge in [-0.3, -0.25) is 4.79 Å². The maximum Gasteiger partial charge on any atom is 0.410 e. The van der Waals surface area contributed by atoms with Crippen molar-refractivity contribution in [2.45, 2.75) is 77.5 Å². The van der Waals surface area contributed by atoms with Crippen molar-refractivity contribution in [1.82, 2.24) is 10.2 Å². The standard InChI is InChI=1S/C31H42N2O7/c1-31(2,3)40-30(37)33-17-15-23(16-18-33)10-7-19-38-27-13-11-24(12-14-27)20-26(21-28(34)35)32-29(36)39-22-25-8-5-4-6-9-25/h4-6,8-9,11-14,23,26H,7,10,15-22H2,1-3H3,(H,32,36)(H,34,35)/t26-/m0/s1. The monoisotopic (exact) mass is 554 g/mol. The van der Waals surface area contributed by atoms with Crippen molar-refractivity contribution >= 4 is 18.2 Å². The molecule has 0 spiro atoms. The number of rotatable bonds is 12. The summed E-state index contributed by atoms with van der Waals surface area (Å²) in [5.41, 5.74) is 1.27. The number of alkyl carbamates (subject to hydrolysis) is 1. The van der Waals surface area contributed by atoms with E-state index in [1.807, 2.05) is 75.4 Å². The van der Waals surface area contributed by atoms with Crippen molar-refractivity contribution in [3.63, 3.8) is 0 Å². The van der Waals surface area contributed by atoms with E-state index in [0.29, 0.717) is 18.9 Å². The van der Waals surface area contributed by atoms with Gasteiger partial charge in [0.05, 0.1) is 13.0 Å². The Morgan fingerprint density at radius 2 is 1.68 bits per heavy atom. The lowest BCUT2D eigenvalue weighted by Crippen LogP contribution is -2.41. The molecule has 40 heavy (non-hydrogen) atoms. The summed E-state index contributed by atoms with van der Waals surface area (Å²) in [6, 6.07) is 16.2. The molecule has 9 nitrogen and oxygen atoms in total. The smallest absolute Gasteiger partial charge is 0.410 e. The molecule has 9 heteroatoms. The molecule has 0 bridgehead atoms. The number of carbonyl (C=O) groups excluding carboxylic acids is 2. The number of hydrogen-bond acceptors (Lipinski definition) is 6. The number of carboxylic acids is 1. The zero-order valence-electron chi connectivity index (χ0n) is 23.8. The largest absolute Gasteiger partial charge is 0.494 e. The van der Waals surface area contributed by atoms with Crippen molar-refractivity contribution < 1.29 is 33.7 Å². The normalized spacial score (nSPS) is 14.7. The molecule has 2 aromatic rings. The van der Waals surface area contributed by atoms with Crippen molar-refractivity contribution in [2.75, 3.05) is 19.7 Å². The lowest BCUT2D eigenvalue weighted by molar-refractivity contribution is -0.137. The van der Waals surface area contributed by atoms with Gasteiger partial charge in [-0.2, -0.15) is 0 Å². The molecule has 1 aliphatic heterocycles. The molecule has 218 valence electrons. The van der Waals surface area contributed by atoms with Crippen LogP contribution in [0.1, 0.15) is 64.0 Å². The highest BCUT2D eigenvalue weighted by Crippen LogP contribution is 2.24. The molecule has 2 amide bonds. The first-order valence-corrected chi connectivity index (χ1v) is 14.0. The number of nitrogens with one attached hydrogen (secondary N) is 1. The first-order valence-electron chi connectivity index (χ1n) is 14.0. The van der Waals surface area contributed by atoms with E-state index in [1.165, 1.54) is 0 Å². The fraction of sp³-hybridized carbons (Fsp3) is 0.516. The van der Waals surface area contributed by atoms with Gasteiger partial charge >= 0.3 is 18.2 Å². The maximum absolute atomic E-state index is 12.2. The number of benzene rings is 2. The average molecular weight is 555 g/mol. The second kappa shape index (κ2) is 15.1. The summed E-state index contributed by atoms with van der Waals surface area (Å²) in [5.74, 6) is 0.319. The first-order chi connectivity index (χ1) is 19.1. The van der Waals surface area contributed by atoms with Crippen LogP contribution in [0.5, 0.6) is 5.75 Å². The molecule has 0 saturated carbocycles. The minimum absolute atomic E-state index is 0.115. The molecule has 0 aliphatic carbocycles. The fourth-order valence-electron chi connectivity index (χ4n) is 4.62. The Bertz CT molecular complexity index is 1080. The fourth-order valence-corrected chi connectivity index (χ4v) is 4.62. The van der Waals surface area contributed by atoms with Gasteiger partial charge < -0.3 is 29.5 Å². The summed E-state index contributed by atoms with van der Waals surface area (Å²) < 4.78 is 16.6. The van der Waals surface area contributed by atoms with Crippen LogP contribution in [0.15, 0.2) is 54.6 Å². The summed E-state index contributed by atoms with van der Waals surface area (Å²) in [6.07, 6.45) is 3.18. The molecule has 0 unspecified atom stereocenters. The Hall–Kier alpha value is -3.75. The molecule has 1 fully saturated rings. The zero-order chi connectivity index (χ0) is 29.0.